The van der Waals surface area contributed by atoms with Gasteiger partial charge in [-0.2, -0.15) is 0 Å². The molecular weight excluding hydrogens is 397 g/mol. The van der Waals surface area contributed by atoms with Crippen LogP contribution in [0, 0.1) is 3.57 Å². The molecule has 1 atom stereocenters. The van der Waals surface area contributed by atoms with Crippen molar-refractivity contribution in [2.45, 2.75) is 32.7 Å². The van der Waals surface area contributed by atoms with Gasteiger partial charge in [0.05, 0.1) is 0 Å². The molecule has 0 N–H and O–H groups in total. The van der Waals surface area contributed by atoms with Crippen molar-refractivity contribution >= 4 is 39.3 Å². The average Bonchev–Trinajstić information content (AvgIpc) is 2.95. The second kappa shape index (κ2) is 6.87. The first-order valence-electron chi connectivity index (χ1n) is 8.01. The molecule has 0 spiro atoms. The number of aromatic nitrogens is 1. The summed E-state index contributed by atoms with van der Waals surface area (Å²) in [5, 5.41) is 1.04. The molecule has 3 heteroatoms. The Morgan fingerprint density at radius 2 is 1.83 bits per heavy atom. The summed E-state index contributed by atoms with van der Waals surface area (Å²) in [5.41, 5.74) is 2.68. The van der Waals surface area contributed by atoms with Crippen molar-refractivity contribution in [2.75, 3.05) is 0 Å². The van der Waals surface area contributed by atoms with Crippen LogP contribution in [-0.2, 0) is 0 Å². The van der Waals surface area contributed by atoms with Gasteiger partial charge in [0, 0.05) is 37.8 Å². The van der Waals surface area contributed by atoms with Gasteiger partial charge < -0.3 is 4.57 Å². The first-order valence-corrected chi connectivity index (χ1v) is 9.09. The van der Waals surface area contributed by atoms with Gasteiger partial charge in [-0.1, -0.05) is 31.5 Å². The zero-order valence-electron chi connectivity index (χ0n) is 13.4. The van der Waals surface area contributed by atoms with Gasteiger partial charge in [-0.05, 0) is 66.3 Å². The Hall–Kier alpha value is -1.62. The standard InChI is InChI=1S/C20H20INO/c1-3-6-14(2)22-13-18(17-7-4-5-8-19(17)22)20(23)15-9-11-16(21)12-10-15/h4-5,7-14H,3,6H2,1-2H3. The van der Waals surface area contributed by atoms with Gasteiger partial charge in [-0.3, -0.25) is 4.79 Å². The van der Waals surface area contributed by atoms with E-state index in [1.54, 1.807) is 0 Å². The Morgan fingerprint density at radius 1 is 1.13 bits per heavy atom. The highest BCUT2D eigenvalue weighted by molar-refractivity contribution is 14.1. The van der Waals surface area contributed by atoms with Crippen LogP contribution in [0.3, 0.4) is 0 Å². The number of para-hydroxylation sites is 1. The fourth-order valence-corrected chi connectivity index (χ4v) is 3.42. The zero-order chi connectivity index (χ0) is 16.4. The van der Waals surface area contributed by atoms with E-state index in [9.17, 15) is 4.79 Å². The summed E-state index contributed by atoms with van der Waals surface area (Å²) in [4.78, 5) is 12.9. The van der Waals surface area contributed by atoms with Crippen LogP contribution in [0.25, 0.3) is 10.9 Å². The molecule has 118 valence electrons. The normalized spacial score (nSPS) is 12.5. The quantitative estimate of drug-likeness (QED) is 0.378. The third kappa shape index (κ3) is 3.20. The fourth-order valence-electron chi connectivity index (χ4n) is 3.06. The van der Waals surface area contributed by atoms with Gasteiger partial charge in [0.25, 0.3) is 0 Å². The van der Waals surface area contributed by atoms with Crippen molar-refractivity contribution < 1.29 is 4.79 Å². The Kier molecular flexibility index (Phi) is 4.85. The summed E-state index contributed by atoms with van der Waals surface area (Å²) >= 11 is 2.26. The molecule has 0 saturated heterocycles. The Morgan fingerprint density at radius 3 is 2.52 bits per heavy atom. The van der Waals surface area contributed by atoms with Crippen LogP contribution in [0.5, 0.6) is 0 Å². The number of hydrogen-bond donors (Lipinski definition) is 0. The highest BCUT2D eigenvalue weighted by atomic mass is 127. The van der Waals surface area contributed by atoms with Gasteiger partial charge in [0.15, 0.2) is 5.78 Å². The molecule has 0 fully saturated rings. The van der Waals surface area contributed by atoms with Crippen molar-refractivity contribution in [1.82, 2.24) is 4.57 Å². The van der Waals surface area contributed by atoms with E-state index in [1.807, 2.05) is 48.7 Å². The summed E-state index contributed by atoms with van der Waals surface area (Å²) in [5.74, 6) is 0.0973. The number of carbonyl (C=O) groups excluding carboxylic acids is 1. The van der Waals surface area contributed by atoms with E-state index in [0.29, 0.717) is 6.04 Å². The highest BCUT2D eigenvalue weighted by Crippen LogP contribution is 2.28. The lowest BCUT2D eigenvalue weighted by atomic mass is 10.0. The predicted molar refractivity (Wildman–Crippen MR) is 104 cm³/mol. The number of ketones is 1. The van der Waals surface area contributed by atoms with Crippen molar-refractivity contribution in [2.24, 2.45) is 0 Å². The second-order valence-electron chi connectivity index (χ2n) is 5.94. The molecule has 1 aromatic heterocycles. The minimum atomic E-state index is 0.0973. The van der Waals surface area contributed by atoms with E-state index >= 15 is 0 Å². The van der Waals surface area contributed by atoms with Gasteiger partial charge in [-0.25, -0.2) is 0 Å². The fraction of sp³-hybridized carbons (Fsp3) is 0.250. The van der Waals surface area contributed by atoms with Crippen molar-refractivity contribution in [3.63, 3.8) is 0 Å². The number of carbonyl (C=O) groups is 1. The summed E-state index contributed by atoms with van der Waals surface area (Å²) in [6.07, 6.45) is 4.27. The lowest BCUT2D eigenvalue weighted by Gasteiger charge is -2.13. The van der Waals surface area contributed by atoms with E-state index in [1.165, 1.54) is 0 Å². The minimum Gasteiger partial charge on any atom is -0.344 e. The lowest BCUT2D eigenvalue weighted by molar-refractivity contribution is 0.104. The SMILES string of the molecule is CCCC(C)n1cc(C(=O)c2ccc(I)cc2)c2ccccc21. The maximum Gasteiger partial charge on any atom is 0.195 e. The highest BCUT2D eigenvalue weighted by Gasteiger charge is 2.18. The molecule has 3 rings (SSSR count). The molecule has 0 aliphatic carbocycles. The molecule has 0 bridgehead atoms. The number of hydrogen-bond acceptors (Lipinski definition) is 1. The molecule has 0 amide bonds. The maximum absolute atomic E-state index is 12.9. The molecule has 1 unspecified atom stereocenters. The number of fused-ring (bicyclic) bond motifs is 1. The van der Waals surface area contributed by atoms with E-state index < -0.39 is 0 Å². The molecule has 3 aromatic rings. The van der Waals surface area contributed by atoms with Crippen LogP contribution in [0.2, 0.25) is 0 Å². The Bertz CT molecular complexity index is 832. The number of rotatable bonds is 5. The number of halogens is 1. The van der Waals surface area contributed by atoms with E-state index in [4.69, 9.17) is 0 Å². The number of nitrogens with zero attached hydrogens (tertiary/aromatic N) is 1. The number of benzene rings is 2. The van der Waals surface area contributed by atoms with Crippen LogP contribution in [0.1, 0.15) is 48.7 Å². The Balaban J connectivity index is 2.10. The molecule has 0 aliphatic rings. The largest absolute Gasteiger partial charge is 0.344 e. The summed E-state index contributed by atoms with van der Waals surface area (Å²) in [7, 11) is 0. The van der Waals surface area contributed by atoms with Crippen LogP contribution in [0.4, 0.5) is 0 Å². The van der Waals surface area contributed by atoms with Gasteiger partial charge >= 0.3 is 0 Å². The first kappa shape index (κ1) is 16.2. The molecule has 2 nitrogen and oxygen atoms in total. The third-order valence-corrected chi connectivity index (χ3v) is 4.99. The molecule has 0 aliphatic heterocycles. The van der Waals surface area contributed by atoms with Gasteiger partial charge in [0.1, 0.15) is 0 Å². The predicted octanol–water partition coefficient (Wildman–Crippen LogP) is 5.84. The van der Waals surface area contributed by atoms with E-state index in [-0.39, 0.29) is 5.78 Å². The van der Waals surface area contributed by atoms with E-state index in [2.05, 4.69) is 47.1 Å². The first-order chi connectivity index (χ1) is 11.1. The second-order valence-corrected chi connectivity index (χ2v) is 7.19. The summed E-state index contributed by atoms with van der Waals surface area (Å²) < 4.78 is 3.39. The average molecular weight is 417 g/mol. The zero-order valence-corrected chi connectivity index (χ0v) is 15.6. The van der Waals surface area contributed by atoms with Gasteiger partial charge in [0.2, 0.25) is 0 Å². The third-order valence-electron chi connectivity index (χ3n) is 4.27. The summed E-state index contributed by atoms with van der Waals surface area (Å²) in [6, 6.07) is 16.4. The van der Waals surface area contributed by atoms with Crippen LogP contribution >= 0.6 is 22.6 Å². The smallest absolute Gasteiger partial charge is 0.195 e. The Labute approximate surface area is 150 Å². The lowest BCUT2D eigenvalue weighted by Crippen LogP contribution is -2.04. The van der Waals surface area contributed by atoms with Gasteiger partial charge in [-0.15, -0.1) is 0 Å². The van der Waals surface area contributed by atoms with Crippen molar-refractivity contribution in [3.05, 3.63) is 69.4 Å². The monoisotopic (exact) mass is 417 g/mol. The minimum absolute atomic E-state index is 0.0973. The topological polar surface area (TPSA) is 22.0 Å². The maximum atomic E-state index is 12.9. The van der Waals surface area contributed by atoms with Crippen LogP contribution in [-0.4, -0.2) is 10.4 Å². The summed E-state index contributed by atoms with van der Waals surface area (Å²) in [6.45, 7) is 4.41. The molecule has 2 aromatic carbocycles. The van der Waals surface area contributed by atoms with Crippen LogP contribution < -0.4 is 0 Å². The molecule has 23 heavy (non-hydrogen) atoms. The van der Waals surface area contributed by atoms with Crippen molar-refractivity contribution in [3.8, 4) is 0 Å². The van der Waals surface area contributed by atoms with E-state index in [0.717, 1.165) is 38.4 Å². The molecule has 0 radical (unpaired) electrons. The molecular formula is C20H20INO. The molecule has 0 saturated carbocycles. The van der Waals surface area contributed by atoms with Crippen LogP contribution in [0.15, 0.2) is 54.7 Å². The molecule has 1 heterocycles. The van der Waals surface area contributed by atoms with Crippen molar-refractivity contribution in [1.29, 1.82) is 0 Å².